The largest absolute Gasteiger partial charge is 0.355 e. The Labute approximate surface area is 168 Å². The van der Waals surface area contributed by atoms with Crippen molar-refractivity contribution in [3.8, 4) is 0 Å². The lowest BCUT2D eigenvalue weighted by molar-refractivity contribution is -0.132. The maximum Gasteiger partial charge on any atom is 0.266 e. The lowest BCUT2D eigenvalue weighted by atomic mass is 9.73. The molecule has 1 saturated heterocycles. The zero-order valence-corrected chi connectivity index (χ0v) is 16.1. The van der Waals surface area contributed by atoms with Gasteiger partial charge in [-0.15, -0.1) is 0 Å². The standard InChI is InChI=1S/C21H22FN5O2/c1-15-25-20(26-29-15)27-13-21(14-27,12-17-4-2-3-5-18(17)22)19(28)24-11-8-16-6-9-23-10-7-16/h2-7,9-10H,8,11-14H2,1H3,(H,24,28). The summed E-state index contributed by atoms with van der Waals surface area (Å²) in [5.74, 6) is 0.529. The fraction of sp³-hybridized carbons (Fsp3) is 0.333. The topological polar surface area (TPSA) is 84.2 Å². The minimum atomic E-state index is -0.741. The van der Waals surface area contributed by atoms with Crippen molar-refractivity contribution in [2.24, 2.45) is 5.41 Å². The Balaban J connectivity index is 1.46. The minimum absolute atomic E-state index is 0.0914. The van der Waals surface area contributed by atoms with E-state index in [1.165, 1.54) is 6.07 Å². The number of pyridine rings is 1. The molecule has 3 heterocycles. The molecule has 1 amide bonds. The molecule has 0 saturated carbocycles. The summed E-state index contributed by atoms with van der Waals surface area (Å²) in [7, 11) is 0. The van der Waals surface area contributed by atoms with Crippen LogP contribution in [-0.4, -0.2) is 40.7 Å². The van der Waals surface area contributed by atoms with Gasteiger partial charge in [0, 0.05) is 39.0 Å². The summed E-state index contributed by atoms with van der Waals surface area (Å²) in [4.78, 5) is 23.2. The van der Waals surface area contributed by atoms with Crippen molar-refractivity contribution in [3.05, 3.63) is 71.6 Å². The number of hydrogen-bond acceptors (Lipinski definition) is 6. The zero-order chi connectivity index (χ0) is 20.3. The van der Waals surface area contributed by atoms with Gasteiger partial charge >= 0.3 is 0 Å². The number of rotatable bonds is 7. The smallest absolute Gasteiger partial charge is 0.266 e. The van der Waals surface area contributed by atoms with Gasteiger partial charge in [-0.25, -0.2) is 4.39 Å². The first-order valence-electron chi connectivity index (χ1n) is 9.52. The van der Waals surface area contributed by atoms with Crippen LogP contribution >= 0.6 is 0 Å². The van der Waals surface area contributed by atoms with Crippen LogP contribution in [-0.2, 0) is 17.6 Å². The average Bonchev–Trinajstić information content (AvgIpc) is 3.12. The summed E-state index contributed by atoms with van der Waals surface area (Å²) >= 11 is 0. The molecule has 150 valence electrons. The molecule has 7 nitrogen and oxygen atoms in total. The summed E-state index contributed by atoms with van der Waals surface area (Å²) < 4.78 is 19.3. The number of benzene rings is 1. The van der Waals surface area contributed by atoms with Crippen LogP contribution < -0.4 is 10.2 Å². The fourth-order valence-electron chi connectivity index (χ4n) is 3.64. The molecule has 0 aliphatic carbocycles. The van der Waals surface area contributed by atoms with Crippen LogP contribution in [0.2, 0.25) is 0 Å². The van der Waals surface area contributed by atoms with Crippen molar-refractivity contribution < 1.29 is 13.7 Å². The van der Waals surface area contributed by atoms with Crippen molar-refractivity contribution in [3.63, 3.8) is 0 Å². The normalized spacial score (nSPS) is 15.0. The molecule has 4 rings (SSSR count). The first-order valence-corrected chi connectivity index (χ1v) is 9.52. The van der Waals surface area contributed by atoms with E-state index in [-0.39, 0.29) is 11.7 Å². The Morgan fingerprint density at radius 3 is 2.69 bits per heavy atom. The summed E-state index contributed by atoms with van der Waals surface area (Å²) in [6, 6.07) is 10.4. The Hall–Kier alpha value is -3.29. The van der Waals surface area contributed by atoms with Gasteiger partial charge in [0.2, 0.25) is 11.8 Å². The van der Waals surface area contributed by atoms with E-state index in [1.54, 1.807) is 37.5 Å². The molecule has 1 fully saturated rings. The molecule has 0 unspecified atom stereocenters. The molecule has 1 N–H and O–H groups in total. The number of anilines is 1. The number of nitrogens with zero attached hydrogens (tertiary/aromatic N) is 4. The second kappa shape index (κ2) is 7.98. The zero-order valence-electron chi connectivity index (χ0n) is 16.1. The highest BCUT2D eigenvalue weighted by molar-refractivity contribution is 5.86. The molecule has 2 aromatic heterocycles. The SMILES string of the molecule is Cc1nc(N2CC(Cc3ccccc3F)(C(=O)NCCc3ccncc3)C2)no1. The third-order valence-electron chi connectivity index (χ3n) is 5.20. The molecule has 0 radical (unpaired) electrons. The van der Waals surface area contributed by atoms with Gasteiger partial charge in [-0.1, -0.05) is 18.2 Å². The highest BCUT2D eigenvalue weighted by Gasteiger charge is 2.50. The summed E-state index contributed by atoms with van der Waals surface area (Å²) in [5.41, 5.74) is 0.885. The maximum atomic E-state index is 14.2. The molecular weight excluding hydrogens is 373 g/mol. The summed E-state index contributed by atoms with van der Waals surface area (Å²) in [6.07, 6.45) is 4.48. The summed E-state index contributed by atoms with van der Waals surface area (Å²) in [5, 5.41) is 6.94. The minimum Gasteiger partial charge on any atom is -0.355 e. The quantitative estimate of drug-likeness (QED) is 0.661. The number of aromatic nitrogens is 3. The maximum absolute atomic E-state index is 14.2. The van der Waals surface area contributed by atoms with Crippen LogP contribution in [0.15, 0.2) is 53.3 Å². The second-order valence-electron chi connectivity index (χ2n) is 7.38. The molecule has 1 aliphatic rings. The number of aryl methyl sites for hydroxylation is 1. The van der Waals surface area contributed by atoms with Crippen LogP contribution in [0.3, 0.4) is 0 Å². The number of amides is 1. The van der Waals surface area contributed by atoms with Gasteiger partial charge in [0.05, 0.1) is 5.41 Å². The molecule has 1 aromatic carbocycles. The van der Waals surface area contributed by atoms with Gasteiger partial charge in [0.25, 0.3) is 5.95 Å². The Kier molecular flexibility index (Phi) is 5.24. The first-order chi connectivity index (χ1) is 14.1. The lowest BCUT2D eigenvalue weighted by Crippen LogP contribution is -2.65. The highest BCUT2D eigenvalue weighted by atomic mass is 19.1. The van der Waals surface area contributed by atoms with Crippen molar-refractivity contribution in [1.82, 2.24) is 20.4 Å². The van der Waals surface area contributed by atoms with E-state index in [0.29, 0.717) is 49.9 Å². The van der Waals surface area contributed by atoms with E-state index in [0.717, 1.165) is 5.56 Å². The van der Waals surface area contributed by atoms with E-state index < -0.39 is 5.41 Å². The Morgan fingerprint density at radius 1 is 1.24 bits per heavy atom. The molecule has 0 spiro atoms. The van der Waals surface area contributed by atoms with Crippen molar-refractivity contribution in [2.45, 2.75) is 19.8 Å². The van der Waals surface area contributed by atoms with Crippen molar-refractivity contribution >= 4 is 11.9 Å². The molecule has 29 heavy (non-hydrogen) atoms. The number of carbonyl (C=O) groups is 1. The van der Waals surface area contributed by atoms with E-state index in [1.807, 2.05) is 17.0 Å². The molecule has 3 aromatic rings. The van der Waals surface area contributed by atoms with Gasteiger partial charge < -0.3 is 14.7 Å². The number of hydrogen-bond donors (Lipinski definition) is 1. The van der Waals surface area contributed by atoms with Gasteiger partial charge in [-0.3, -0.25) is 9.78 Å². The predicted octanol–water partition coefficient (Wildman–Crippen LogP) is 2.32. The van der Waals surface area contributed by atoms with E-state index >= 15 is 0 Å². The molecule has 8 heteroatoms. The lowest BCUT2D eigenvalue weighted by Gasteiger charge is -2.48. The third kappa shape index (κ3) is 4.11. The fourth-order valence-corrected chi connectivity index (χ4v) is 3.64. The molecule has 0 bridgehead atoms. The van der Waals surface area contributed by atoms with Crippen molar-refractivity contribution in [2.75, 3.05) is 24.5 Å². The van der Waals surface area contributed by atoms with Gasteiger partial charge in [-0.2, -0.15) is 4.98 Å². The van der Waals surface area contributed by atoms with Gasteiger partial charge in [-0.05, 0) is 47.3 Å². The summed E-state index contributed by atoms with van der Waals surface area (Å²) in [6.45, 7) is 3.03. The number of halogens is 1. The van der Waals surface area contributed by atoms with Crippen LogP contribution in [0.1, 0.15) is 17.0 Å². The average molecular weight is 395 g/mol. The first kappa shape index (κ1) is 19.0. The van der Waals surface area contributed by atoms with E-state index in [2.05, 4.69) is 20.4 Å². The Morgan fingerprint density at radius 2 is 2.00 bits per heavy atom. The van der Waals surface area contributed by atoms with E-state index in [4.69, 9.17) is 4.52 Å². The third-order valence-corrected chi connectivity index (χ3v) is 5.20. The van der Waals surface area contributed by atoms with E-state index in [9.17, 15) is 9.18 Å². The second-order valence-corrected chi connectivity index (χ2v) is 7.38. The van der Waals surface area contributed by atoms with Crippen LogP contribution in [0.5, 0.6) is 0 Å². The molecule has 1 aliphatic heterocycles. The predicted molar refractivity (Wildman–Crippen MR) is 105 cm³/mol. The monoisotopic (exact) mass is 395 g/mol. The van der Waals surface area contributed by atoms with Gasteiger partial charge in [0.1, 0.15) is 5.82 Å². The van der Waals surface area contributed by atoms with Crippen molar-refractivity contribution in [1.29, 1.82) is 0 Å². The Bertz CT molecular complexity index is 986. The van der Waals surface area contributed by atoms with Crippen LogP contribution in [0.25, 0.3) is 0 Å². The van der Waals surface area contributed by atoms with Crippen LogP contribution in [0, 0.1) is 18.2 Å². The number of carbonyl (C=O) groups excluding carboxylic acids is 1. The molecule has 0 atom stereocenters. The highest BCUT2D eigenvalue weighted by Crippen LogP contribution is 2.37. The van der Waals surface area contributed by atoms with Crippen LogP contribution in [0.4, 0.5) is 10.3 Å². The molecular formula is C21H22FN5O2. The van der Waals surface area contributed by atoms with Gasteiger partial charge in [0.15, 0.2) is 0 Å². The number of nitrogens with one attached hydrogen (secondary N) is 1.